The van der Waals surface area contributed by atoms with E-state index in [4.69, 9.17) is 9.47 Å². The Kier molecular flexibility index (Phi) is 6.26. The zero-order chi connectivity index (χ0) is 23.6. The van der Waals surface area contributed by atoms with Gasteiger partial charge in [0, 0.05) is 0 Å². The van der Waals surface area contributed by atoms with Crippen molar-refractivity contribution in [2.75, 3.05) is 19.8 Å². The highest BCUT2D eigenvalue weighted by Gasteiger charge is 2.49. The van der Waals surface area contributed by atoms with Gasteiger partial charge in [0.15, 0.2) is 11.5 Å². The van der Waals surface area contributed by atoms with Crippen molar-refractivity contribution in [1.29, 1.82) is 0 Å². The van der Waals surface area contributed by atoms with Crippen LogP contribution in [0.25, 0.3) is 0 Å². The normalized spacial score (nSPS) is 20.4. The van der Waals surface area contributed by atoms with Crippen LogP contribution in [0.1, 0.15) is 49.9 Å². The molecular weight excluding hydrogens is 422 g/mol. The Morgan fingerprint density at radius 1 is 1.12 bits per heavy atom. The van der Waals surface area contributed by atoms with Gasteiger partial charge in [-0.15, -0.1) is 0 Å². The van der Waals surface area contributed by atoms with Crippen LogP contribution in [0, 0.1) is 0 Å². The van der Waals surface area contributed by atoms with Crippen LogP contribution in [0.2, 0.25) is 0 Å². The number of benzene rings is 2. The number of hydrogen-bond acceptors (Lipinski definition) is 5. The topological polar surface area (TPSA) is 97.0 Å². The number of imide groups is 1. The molecule has 1 saturated heterocycles. The van der Waals surface area contributed by atoms with Gasteiger partial charge in [-0.05, 0) is 49.1 Å². The van der Waals surface area contributed by atoms with Crippen molar-refractivity contribution in [2.45, 2.75) is 45.2 Å². The van der Waals surface area contributed by atoms with Gasteiger partial charge >= 0.3 is 6.03 Å². The summed E-state index contributed by atoms with van der Waals surface area (Å²) >= 11 is 0. The second-order valence-electron chi connectivity index (χ2n) is 8.59. The van der Waals surface area contributed by atoms with Crippen LogP contribution in [0.4, 0.5) is 4.79 Å². The number of aryl methyl sites for hydroxylation is 1. The molecule has 2 aliphatic heterocycles. The monoisotopic (exact) mass is 451 g/mol. The molecule has 8 heteroatoms. The summed E-state index contributed by atoms with van der Waals surface area (Å²) in [5.74, 6) is 0.431. The second-order valence-corrected chi connectivity index (χ2v) is 8.59. The van der Waals surface area contributed by atoms with Crippen LogP contribution in [0.3, 0.4) is 0 Å². The minimum absolute atomic E-state index is 0.341. The molecule has 4 rings (SSSR count). The number of carbonyl (C=O) groups is 3. The highest BCUT2D eigenvalue weighted by molar-refractivity contribution is 6.09. The fourth-order valence-corrected chi connectivity index (χ4v) is 4.17. The minimum atomic E-state index is -1.20. The summed E-state index contributed by atoms with van der Waals surface area (Å²) in [4.78, 5) is 39.4. The summed E-state index contributed by atoms with van der Waals surface area (Å²) in [5, 5.41) is 5.60. The molecule has 2 aliphatic rings. The molecule has 0 spiro atoms. The average Bonchev–Trinajstić information content (AvgIpc) is 3.03. The number of hydrogen-bond donors (Lipinski definition) is 2. The van der Waals surface area contributed by atoms with Gasteiger partial charge < -0.3 is 20.1 Å². The fourth-order valence-electron chi connectivity index (χ4n) is 4.17. The maximum absolute atomic E-state index is 13.1. The Bertz CT molecular complexity index is 1070. The molecule has 2 unspecified atom stereocenters. The van der Waals surface area contributed by atoms with E-state index in [0.29, 0.717) is 30.3 Å². The Morgan fingerprint density at radius 3 is 2.52 bits per heavy atom. The zero-order valence-corrected chi connectivity index (χ0v) is 19.1. The van der Waals surface area contributed by atoms with Crippen LogP contribution in [0.5, 0.6) is 11.5 Å². The summed E-state index contributed by atoms with van der Waals surface area (Å²) in [5.41, 5.74) is 1.49. The van der Waals surface area contributed by atoms with Crippen molar-refractivity contribution >= 4 is 17.8 Å². The SMILES string of the molecule is CCCc1ccc(C2(C)NC(=O)N(CC(=O)NC(C)c3ccc4c(c3)OCCO4)C2=O)cc1. The lowest BCUT2D eigenvalue weighted by molar-refractivity contribution is -0.135. The molecular formula is C25H29N3O5. The van der Waals surface area contributed by atoms with Gasteiger partial charge in [-0.25, -0.2) is 4.79 Å². The van der Waals surface area contributed by atoms with E-state index in [9.17, 15) is 14.4 Å². The van der Waals surface area contributed by atoms with E-state index in [2.05, 4.69) is 17.6 Å². The van der Waals surface area contributed by atoms with Gasteiger partial charge in [-0.3, -0.25) is 14.5 Å². The van der Waals surface area contributed by atoms with Crippen molar-refractivity contribution in [3.05, 3.63) is 59.2 Å². The van der Waals surface area contributed by atoms with E-state index in [1.54, 1.807) is 13.0 Å². The first kappa shape index (κ1) is 22.6. The Balaban J connectivity index is 1.41. The summed E-state index contributed by atoms with van der Waals surface area (Å²) in [6, 6.07) is 12.2. The van der Waals surface area contributed by atoms with Crippen LogP contribution >= 0.6 is 0 Å². The molecule has 0 saturated carbocycles. The van der Waals surface area contributed by atoms with Gasteiger partial charge in [0.05, 0.1) is 6.04 Å². The molecule has 1 fully saturated rings. The molecule has 2 atom stereocenters. The fraction of sp³-hybridized carbons (Fsp3) is 0.400. The first-order valence-corrected chi connectivity index (χ1v) is 11.2. The van der Waals surface area contributed by atoms with E-state index >= 15 is 0 Å². The molecule has 174 valence electrons. The van der Waals surface area contributed by atoms with Crippen LogP contribution in [-0.4, -0.2) is 42.5 Å². The summed E-state index contributed by atoms with van der Waals surface area (Å²) < 4.78 is 11.1. The molecule has 2 aromatic carbocycles. The second kappa shape index (κ2) is 9.13. The van der Waals surface area contributed by atoms with Crippen LogP contribution in [0.15, 0.2) is 42.5 Å². The van der Waals surface area contributed by atoms with Crippen molar-refractivity contribution in [2.24, 2.45) is 0 Å². The average molecular weight is 452 g/mol. The van der Waals surface area contributed by atoms with Gasteiger partial charge in [0.1, 0.15) is 25.3 Å². The zero-order valence-electron chi connectivity index (χ0n) is 19.1. The molecule has 0 aromatic heterocycles. The third-order valence-corrected chi connectivity index (χ3v) is 6.09. The maximum atomic E-state index is 13.1. The van der Waals surface area contributed by atoms with E-state index in [1.165, 1.54) is 5.56 Å². The van der Waals surface area contributed by atoms with Crippen LogP contribution < -0.4 is 20.1 Å². The molecule has 0 radical (unpaired) electrons. The van der Waals surface area contributed by atoms with Crippen molar-refractivity contribution in [1.82, 2.24) is 15.5 Å². The molecule has 4 amide bonds. The van der Waals surface area contributed by atoms with Gasteiger partial charge in [-0.1, -0.05) is 43.7 Å². The highest BCUT2D eigenvalue weighted by atomic mass is 16.6. The summed E-state index contributed by atoms with van der Waals surface area (Å²) in [6.07, 6.45) is 1.98. The number of ether oxygens (including phenoxy) is 2. The number of urea groups is 1. The number of carbonyl (C=O) groups excluding carboxylic acids is 3. The van der Waals surface area contributed by atoms with E-state index < -0.39 is 23.4 Å². The molecule has 0 aliphatic carbocycles. The standard InChI is InChI=1S/C25H29N3O5/c1-4-5-17-6-9-19(10-7-17)25(3)23(30)28(24(31)27-25)15-22(29)26-16(2)18-8-11-20-21(14-18)33-13-12-32-20/h6-11,14,16H,4-5,12-13,15H2,1-3H3,(H,26,29)(H,27,31). The van der Waals surface area contributed by atoms with E-state index in [0.717, 1.165) is 23.3 Å². The largest absolute Gasteiger partial charge is 0.486 e. The van der Waals surface area contributed by atoms with Crippen LogP contribution in [-0.2, 0) is 21.5 Å². The Labute approximate surface area is 193 Å². The number of nitrogens with one attached hydrogen (secondary N) is 2. The predicted octanol–water partition coefficient (Wildman–Crippen LogP) is 3.05. The number of fused-ring (bicyclic) bond motifs is 1. The molecule has 2 aromatic rings. The molecule has 8 nitrogen and oxygen atoms in total. The lowest BCUT2D eigenvalue weighted by Gasteiger charge is -2.23. The van der Waals surface area contributed by atoms with Gasteiger partial charge in [-0.2, -0.15) is 0 Å². The first-order chi connectivity index (χ1) is 15.8. The lowest BCUT2D eigenvalue weighted by atomic mass is 9.91. The molecule has 33 heavy (non-hydrogen) atoms. The summed E-state index contributed by atoms with van der Waals surface area (Å²) in [7, 11) is 0. The third kappa shape index (κ3) is 4.51. The first-order valence-electron chi connectivity index (χ1n) is 11.2. The quantitative estimate of drug-likeness (QED) is 0.631. The molecule has 2 heterocycles. The van der Waals surface area contributed by atoms with Gasteiger partial charge in [0.2, 0.25) is 5.91 Å². The van der Waals surface area contributed by atoms with Gasteiger partial charge in [0.25, 0.3) is 5.91 Å². The van der Waals surface area contributed by atoms with Crippen molar-refractivity contribution in [3.8, 4) is 11.5 Å². The molecule has 2 N–H and O–H groups in total. The number of rotatable bonds is 7. The smallest absolute Gasteiger partial charge is 0.325 e. The minimum Gasteiger partial charge on any atom is -0.486 e. The van der Waals surface area contributed by atoms with E-state index in [1.807, 2.05) is 43.3 Å². The van der Waals surface area contributed by atoms with Crippen molar-refractivity contribution in [3.63, 3.8) is 0 Å². The highest BCUT2D eigenvalue weighted by Crippen LogP contribution is 2.33. The number of nitrogens with zero attached hydrogens (tertiary/aromatic N) is 1. The van der Waals surface area contributed by atoms with E-state index in [-0.39, 0.29) is 12.6 Å². The predicted molar refractivity (Wildman–Crippen MR) is 122 cm³/mol. The third-order valence-electron chi connectivity index (χ3n) is 6.09. The number of amides is 4. The maximum Gasteiger partial charge on any atom is 0.325 e. The lowest BCUT2D eigenvalue weighted by Crippen LogP contribution is -2.43. The Hall–Kier alpha value is -3.55. The summed E-state index contributed by atoms with van der Waals surface area (Å²) in [6.45, 7) is 6.22. The van der Waals surface area contributed by atoms with Crippen molar-refractivity contribution < 1.29 is 23.9 Å². The Morgan fingerprint density at radius 2 is 1.82 bits per heavy atom. The molecule has 0 bridgehead atoms.